The molecule has 29 heavy (non-hydrogen) atoms. The third-order valence-electron chi connectivity index (χ3n) is 5.30. The zero-order valence-electron chi connectivity index (χ0n) is 16.6. The number of anilines is 1. The van der Waals surface area contributed by atoms with Crippen molar-refractivity contribution < 1.29 is 13.2 Å². The molecule has 152 valence electrons. The highest BCUT2D eigenvalue weighted by molar-refractivity contribution is 7.90. The third-order valence-corrected chi connectivity index (χ3v) is 7.18. The Hall–Kier alpha value is -2.69. The van der Waals surface area contributed by atoms with Gasteiger partial charge >= 0.3 is 0 Å². The molecule has 0 aliphatic heterocycles. The van der Waals surface area contributed by atoms with Gasteiger partial charge in [-0.25, -0.2) is 13.1 Å². The molecule has 3 rings (SSSR count). The molecule has 1 saturated carbocycles. The number of nitrogens with one attached hydrogen (secondary N) is 2. The predicted molar refractivity (Wildman–Crippen MR) is 113 cm³/mol. The van der Waals surface area contributed by atoms with E-state index in [9.17, 15) is 13.2 Å². The highest BCUT2D eigenvalue weighted by atomic mass is 32.2. The average molecular weight is 412 g/mol. The van der Waals surface area contributed by atoms with Crippen LogP contribution in [0.2, 0.25) is 0 Å². The number of hydrogen-bond acceptors (Lipinski definition) is 4. The molecule has 6 nitrogen and oxygen atoms in total. The SMILES string of the molecule is CC(C)S(=O)(=O)NC1CCCC1c1ccc(NC(=O)c2cccc(C#N)c2)cc1. The second kappa shape index (κ2) is 8.76. The van der Waals surface area contributed by atoms with Crippen molar-refractivity contribution in [1.82, 2.24) is 4.72 Å². The lowest BCUT2D eigenvalue weighted by atomic mass is 9.94. The second-order valence-corrected chi connectivity index (χ2v) is 9.89. The van der Waals surface area contributed by atoms with Crippen molar-refractivity contribution in [2.24, 2.45) is 0 Å². The molecule has 0 aromatic heterocycles. The summed E-state index contributed by atoms with van der Waals surface area (Å²) in [5.74, 6) is -0.154. The van der Waals surface area contributed by atoms with E-state index < -0.39 is 15.3 Å². The van der Waals surface area contributed by atoms with Gasteiger partial charge in [-0.05, 0) is 62.6 Å². The van der Waals surface area contributed by atoms with Crippen LogP contribution >= 0.6 is 0 Å². The van der Waals surface area contributed by atoms with Gasteiger partial charge < -0.3 is 5.32 Å². The van der Waals surface area contributed by atoms with Crippen molar-refractivity contribution in [3.05, 3.63) is 65.2 Å². The van der Waals surface area contributed by atoms with E-state index in [4.69, 9.17) is 5.26 Å². The van der Waals surface area contributed by atoms with Gasteiger partial charge in [-0.2, -0.15) is 5.26 Å². The van der Waals surface area contributed by atoms with Crippen molar-refractivity contribution in [3.63, 3.8) is 0 Å². The number of sulfonamides is 1. The standard InChI is InChI=1S/C22H25N3O3S/c1-15(2)29(27,28)25-21-8-4-7-20(21)17-9-11-19(12-10-17)24-22(26)18-6-3-5-16(13-18)14-23/h3,5-6,9-13,15,20-21,25H,4,7-8H2,1-2H3,(H,24,26). The van der Waals surface area contributed by atoms with E-state index >= 15 is 0 Å². The summed E-state index contributed by atoms with van der Waals surface area (Å²) < 4.78 is 27.3. The van der Waals surface area contributed by atoms with Gasteiger partial charge in [0.05, 0.1) is 16.9 Å². The Morgan fingerprint density at radius 2 is 1.86 bits per heavy atom. The third kappa shape index (κ3) is 5.03. The number of benzene rings is 2. The van der Waals surface area contributed by atoms with E-state index in [1.165, 1.54) is 0 Å². The molecule has 2 N–H and O–H groups in total. The van der Waals surface area contributed by atoms with Crippen LogP contribution in [0.1, 0.15) is 60.5 Å². The van der Waals surface area contributed by atoms with Gasteiger partial charge in [0.1, 0.15) is 0 Å². The van der Waals surface area contributed by atoms with Gasteiger partial charge in [-0.3, -0.25) is 4.79 Å². The molecule has 1 amide bonds. The topological polar surface area (TPSA) is 99.1 Å². The number of rotatable bonds is 6. The Morgan fingerprint density at radius 1 is 1.14 bits per heavy atom. The van der Waals surface area contributed by atoms with Crippen molar-refractivity contribution >= 4 is 21.6 Å². The number of nitriles is 1. The first-order valence-electron chi connectivity index (χ1n) is 9.73. The monoisotopic (exact) mass is 411 g/mol. The van der Waals surface area contributed by atoms with Crippen LogP contribution in [-0.2, 0) is 10.0 Å². The molecule has 0 bridgehead atoms. The maximum Gasteiger partial charge on any atom is 0.255 e. The fourth-order valence-electron chi connectivity index (χ4n) is 3.59. The lowest BCUT2D eigenvalue weighted by Crippen LogP contribution is -2.40. The van der Waals surface area contributed by atoms with Crippen LogP contribution in [0, 0.1) is 11.3 Å². The maximum absolute atomic E-state index is 12.4. The Labute approximate surface area is 172 Å². The summed E-state index contributed by atoms with van der Waals surface area (Å²) >= 11 is 0. The summed E-state index contributed by atoms with van der Waals surface area (Å²) in [6.45, 7) is 3.35. The van der Waals surface area contributed by atoms with Gasteiger partial charge in [0.2, 0.25) is 10.0 Å². The minimum absolute atomic E-state index is 0.100. The highest BCUT2D eigenvalue weighted by Gasteiger charge is 2.32. The van der Waals surface area contributed by atoms with Crippen LogP contribution < -0.4 is 10.0 Å². The number of carbonyl (C=O) groups excluding carboxylic acids is 1. The Morgan fingerprint density at radius 3 is 2.52 bits per heavy atom. The van der Waals surface area contributed by atoms with E-state index in [-0.39, 0.29) is 17.9 Å². The van der Waals surface area contributed by atoms with Crippen LogP contribution in [0.25, 0.3) is 0 Å². The highest BCUT2D eigenvalue weighted by Crippen LogP contribution is 2.35. The first kappa shape index (κ1) is 21.0. The van der Waals surface area contributed by atoms with Crippen LogP contribution in [-0.4, -0.2) is 25.6 Å². The first-order chi connectivity index (χ1) is 13.8. The second-order valence-electron chi connectivity index (χ2n) is 7.62. The van der Waals surface area contributed by atoms with Crippen LogP contribution in [0.15, 0.2) is 48.5 Å². The fraction of sp³-hybridized carbons (Fsp3) is 0.364. The first-order valence-corrected chi connectivity index (χ1v) is 11.3. The summed E-state index contributed by atoms with van der Waals surface area (Å²) in [5, 5.41) is 11.3. The normalized spacial score (nSPS) is 19.1. The van der Waals surface area contributed by atoms with Crippen LogP contribution in [0.4, 0.5) is 5.69 Å². The molecule has 0 radical (unpaired) electrons. The Balaban J connectivity index is 1.69. The van der Waals surface area contributed by atoms with Gasteiger partial charge in [0.15, 0.2) is 0 Å². The molecular formula is C22H25N3O3S. The summed E-state index contributed by atoms with van der Waals surface area (Å²) in [6, 6.07) is 16.0. The lowest BCUT2D eigenvalue weighted by Gasteiger charge is -2.23. The van der Waals surface area contributed by atoms with Gasteiger partial charge in [0.25, 0.3) is 5.91 Å². The average Bonchev–Trinajstić information content (AvgIpc) is 3.15. The molecule has 7 heteroatoms. The maximum atomic E-state index is 12.4. The fourth-order valence-corrected chi connectivity index (χ4v) is 4.57. The summed E-state index contributed by atoms with van der Waals surface area (Å²) in [4.78, 5) is 12.4. The molecule has 0 saturated heterocycles. The number of amides is 1. The van der Waals surface area contributed by atoms with Crippen molar-refractivity contribution in [3.8, 4) is 6.07 Å². The minimum atomic E-state index is -3.31. The number of carbonyl (C=O) groups is 1. The Bertz CT molecular complexity index is 1020. The largest absolute Gasteiger partial charge is 0.322 e. The van der Waals surface area contributed by atoms with Crippen LogP contribution in [0.5, 0.6) is 0 Å². The summed E-state index contributed by atoms with van der Waals surface area (Å²) in [7, 11) is -3.31. The summed E-state index contributed by atoms with van der Waals surface area (Å²) in [6.07, 6.45) is 2.73. The van der Waals surface area contributed by atoms with Gasteiger partial charge in [-0.1, -0.05) is 24.6 Å². The van der Waals surface area contributed by atoms with Crippen molar-refractivity contribution in [2.75, 3.05) is 5.32 Å². The van der Waals surface area contributed by atoms with Gasteiger partial charge in [-0.15, -0.1) is 0 Å². The van der Waals surface area contributed by atoms with E-state index in [0.29, 0.717) is 16.8 Å². The summed E-state index contributed by atoms with van der Waals surface area (Å²) in [5.41, 5.74) is 2.57. The lowest BCUT2D eigenvalue weighted by molar-refractivity contribution is 0.102. The smallest absolute Gasteiger partial charge is 0.255 e. The number of hydrogen-bond donors (Lipinski definition) is 2. The van der Waals surface area contributed by atoms with Crippen molar-refractivity contribution in [1.29, 1.82) is 5.26 Å². The molecule has 0 heterocycles. The molecule has 2 atom stereocenters. The van der Waals surface area contributed by atoms with E-state index in [1.807, 2.05) is 30.3 Å². The zero-order valence-corrected chi connectivity index (χ0v) is 17.4. The molecule has 0 spiro atoms. The van der Waals surface area contributed by atoms with E-state index in [0.717, 1.165) is 24.8 Å². The quantitative estimate of drug-likeness (QED) is 0.756. The molecule has 1 aliphatic carbocycles. The Kier molecular flexibility index (Phi) is 6.36. The predicted octanol–water partition coefficient (Wildman–Crippen LogP) is 3.77. The minimum Gasteiger partial charge on any atom is -0.322 e. The molecule has 1 aliphatic rings. The van der Waals surface area contributed by atoms with E-state index in [2.05, 4.69) is 10.0 Å². The number of nitrogens with zero attached hydrogens (tertiary/aromatic N) is 1. The van der Waals surface area contributed by atoms with E-state index in [1.54, 1.807) is 38.1 Å². The molecule has 2 unspecified atom stereocenters. The zero-order chi connectivity index (χ0) is 21.0. The molecule has 2 aromatic rings. The molecule has 2 aromatic carbocycles. The van der Waals surface area contributed by atoms with Crippen molar-refractivity contribution in [2.45, 2.75) is 50.3 Å². The molecule has 1 fully saturated rings. The molecular weight excluding hydrogens is 386 g/mol. The van der Waals surface area contributed by atoms with Crippen LogP contribution in [0.3, 0.4) is 0 Å². The van der Waals surface area contributed by atoms with Gasteiger partial charge in [0, 0.05) is 23.2 Å².